The van der Waals surface area contributed by atoms with Gasteiger partial charge in [0.2, 0.25) is 0 Å². The van der Waals surface area contributed by atoms with Crippen molar-refractivity contribution < 1.29 is 5.11 Å². The van der Waals surface area contributed by atoms with Gasteiger partial charge in [0.1, 0.15) is 5.60 Å². The molecule has 2 rings (SSSR count). The molecule has 2 aromatic heterocycles. The zero-order chi connectivity index (χ0) is 15.3. The first-order valence-electron chi connectivity index (χ1n) is 7.39. The fourth-order valence-corrected chi connectivity index (χ4v) is 3.14. The molecule has 2 unspecified atom stereocenters. The van der Waals surface area contributed by atoms with Crippen molar-refractivity contribution in [3.63, 3.8) is 0 Å². The highest BCUT2D eigenvalue weighted by atomic mass is 32.1. The lowest BCUT2D eigenvalue weighted by Gasteiger charge is -2.27. The standard InChI is InChI=1S/C17H24N2OS/c1-13(2)11-15(14-7-4-5-9-18-14)19-12-17(3,20)16-8-6-10-21-16/h4-10,13,15,19-20H,11-12H2,1-3H3. The third-order valence-electron chi connectivity index (χ3n) is 3.50. The van der Waals surface area contributed by atoms with Gasteiger partial charge in [-0.2, -0.15) is 0 Å². The van der Waals surface area contributed by atoms with Crippen LogP contribution in [0.2, 0.25) is 0 Å². The van der Waals surface area contributed by atoms with E-state index < -0.39 is 5.60 Å². The van der Waals surface area contributed by atoms with Gasteiger partial charge < -0.3 is 10.4 Å². The molecule has 114 valence electrons. The number of hydrogen-bond donors (Lipinski definition) is 2. The van der Waals surface area contributed by atoms with E-state index in [0.29, 0.717) is 12.5 Å². The molecular weight excluding hydrogens is 280 g/mol. The first-order chi connectivity index (χ1) is 9.99. The summed E-state index contributed by atoms with van der Waals surface area (Å²) in [4.78, 5) is 5.44. The van der Waals surface area contributed by atoms with Gasteiger partial charge in [-0.15, -0.1) is 11.3 Å². The normalized spacial score (nSPS) is 15.9. The van der Waals surface area contributed by atoms with Crippen LogP contribution in [0.3, 0.4) is 0 Å². The van der Waals surface area contributed by atoms with Crippen LogP contribution in [0.4, 0.5) is 0 Å². The van der Waals surface area contributed by atoms with Gasteiger partial charge in [-0.05, 0) is 42.8 Å². The van der Waals surface area contributed by atoms with E-state index in [1.807, 2.05) is 48.8 Å². The third kappa shape index (κ3) is 4.63. The van der Waals surface area contributed by atoms with Crippen molar-refractivity contribution in [3.05, 3.63) is 52.5 Å². The fraction of sp³-hybridized carbons (Fsp3) is 0.471. The lowest BCUT2D eigenvalue weighted by atomic mass is 9.98. The maximum Gasteiger partial charge on any atom is 0.108 e. The van der Waals surface area contributed by atoms with Crippen LogP contribution in [0.1, 0.15) is 43.8 Å². The van der Waals surface area contributed by atoms with Gasteiger partial charge in [-0.1, -0.05) is 26.0 Å². The Balaban J connectivity index is 2.06. The predicted octanol–water partition coefficient (Wildman–Crippen LogP) is 3.73. The Hall–Kier alpha value is -1.23. The van der Waals surface area contributed by atoms with Crippen molar-refractivity contribution in [2.45, 2.75) is 38.8 Å². The van der Waals surface area contributed by atoms with Crippen LogP contribution < -0.4 is 5.32 Å². The molecule has 2 N–H and O–H groups in total. The molecule has 21 heavy (non-hydrogen) atoms. The molecule has 0 spiro atoms. The number of hydrogen-bond acceptors (Lipinski definition) is 4. The minimum atomic E-state index is -0.849. The predicted molar refractivity (Wildman–Crippen MR) is 88.3 cm³/mol. The number of nitrogens with zero attached hydrogens (tertiary/aromatic N) is 1. The maximum atomic E-state index is 10.6. The van der Waals surface area contributed by atoms with E-state index in [0.717, 1.165) is 17.0 Å². The molecule has 2 heterocycles. The molecule has 2 atom stereocenters. The van der Waals surface area contributed by atoms with Crippen LogP contribution in [0.5, 0.6) is 0 Å². The van der Waals surface area contributed by atoms with E-state index in [9.17, 15) is 5.11 Å². The molecule has 2 aromatic rings. The van der Waals surface area contributed by atoms with Gasteiger partial charge in [-0.3, -0.25) is 4.98 Å². The van der Waals surface area contributed by atoms with E-state index in [1.54, 1.807) is 11.3 Å². The minimum Gasteiger partial charge on any atom is -0.383 e. The van der Waals surface area contributed by atoms with E-state index in [1.165, 1.54) is 0 Å². The molecular formula is C17H24N2OS. The number of rotatable bonds is 7. The second-order valence-corrected chi connectivity index (χ2v) is 7.02. The van der Waals surface area contributed by atoms with Gasteiger partial charge in [0.15, 0.2) is 0 Å². The topological polar surface area (TPSA) is 45.1 Å². The van der Waals surface area contributed by atoms with Crippen molar-refractivity contribution >= 4 is 11.3 Å². The van der Waals surface area contributed by atoms with Crippen molar-refractivity contribution in [1.29, 1.82) is 0 Å². The summed E-state index contributed by atoms with van der Waals surface area (Å²) in [5.74, 6) is 0.566. The Kier molecular flexibility index (Phi) is 5.51. The van der Waals surface area contributed by atoms with Gasteiger partial charge in [-0.25, -0.2) is 0 Å². The number of pyridine rings is 1. The summed E-state index contributed by atoms with van der Waals surface area (Å²) in [5, 5.41) is 16.1. The first kappa shape index (κ1) is 16.1. The molecule has 0 fully saturated rings. The minimum absolute atomic E-state index is 0.164. The Bertz CT molecular complexity index is 523. The zero-order valence-electron chi connectivity index (χ0n) is 12.9. The molecule has 0 aliphatic heterocycles. The summed E-state index contributed by atoms with van der Waals surface area (Å²) < 4.78 is 0. The van der Waals surface area contributed by atoms with E-state index in [2.05, 4.69) is 24.1 Å². The third-order valence-corrected chi connectivity index (χ3v) is 4.62. The van der Waals surface area contributed by atoms with Crippen LogP contribution in [-0.4, -0.2) is 16.6 Å². The highest BCUT2D eigenvalue weighted by Crippen LogP contribution is 2.26. The lowest BCUT2D eigenvalue weighted by molar-refractivity contribution is 0.0564. The molecule has 4 heteroatoms. The first-order valence-corrected chi connectivity index (χ1v) is 8.27. The maximum absolute atomic E-state index is 10.6. The molecule has 0 saturated heterocycles. The van der Waals surface area contributed by atoms with Crippen molar-refractivity contribution in [3.8, 4) is 0 Å². The highest BCUT2D eigenvalue weighted by Gasteiger charge is 2.26. The molecule has 0 aliphatic rings. The second-order valence-electron chi connectivity index (χ2n) is 6.07. The number of thiophene rings is 1. The molecule has 0 aliphatic carbocycles. The fourth-order valence-electron chi connectivity index (χ4n) is 2.36. The Morgan fingerprint density at radius 1 is 1.29 bits per heavy atom. The molecule has 0 radical (unpaired) electrons. The summed E-state index contributed by atoms with van der Waals surface area (Å²) in [6.45, 7) is 6.78. The molecule has 0 amide bonds. The average Bonchev–Trinajstić information content (AvgIpc) is 2.99. The van der Waals surface area contributed by atoms with E-state index >= 15 is 0 Å². The molecule has 0 aromatic carbocycles. The van der Waals surface area contributed by atoms with Gasteiger partial charge in [0, 0.05) is 23.7 Å². The lowest BCUT2D eigenvalue weighted by Crippen LogP contribution is -2.37. The van der Waals surface area contributed by atoms with Crippen LogP contribution in [0.25, 0.3) is 0 Å². The largest absolute Gasteiger partial charge is 0.383 e. The number of aliphatic hydroxyl groups is 1. The summed E-state index contributed by atoms with van der Waals surface area (Å²) >= 11 is 1.59. The SMILES string of the molecule is CC(C)CC(NCC(C)(O)c1cccs1)c1ccccn1. The summed E-state index contributed by atoms with van der Waals surface area (Å²) in [6, 6.07) is 10.1. The van der Waals surface area contributed by atoms with Crippen LogP contribution in [0, 0.1) is 5.92 Å². The molecule has 0 bridgehead atoms. The molecule has 0 saturated carbocycles. The number of aromatic nitrogens is 1. The van der Waals surface area contributed by atoms with Crippen molar-refractivity contribution in [2.75, 3.05) is 6.54 Å². The Morgan fingerprint density at radius 2 is 2.10 bits per heavy atom. The van der Waals surface area contributed by atoms with Gasteiger partial charge in [0.25, 0.3) is 0 Å². The summed E-state index contributed by atoms with van der Waals surface area (Å²) in [7, 11) is 0. The zero-order valence-corrected chi connectivity index (χ0v) is 13.7. The monoisotopic (exact) mass is 304 g/mol. The highest BCUT2D eigenvalue weighted by molar-refractivity contribution is 7.10. The van der Waals surface area contributed by atoms with E-state index in [4.69, 9.17) is 0 Å². The Morgan fingerprint density at radius 3 is 2.67 bits per heavy atom. The van der Waals surface area contributed by atoms with Crippen molar-refractivity contribution in [1.82, 2.24) is 10.3 Å². The number of nitrogens with one attached hydrogen (secondary N) is 1. The average molecular weight is 304 g/mol. The van der Waals surface area contributed by atoms with Crippen LogP contribution in [-0.2, 0) is 5.60 Å². The van der Waals surface area contributed by atoms with Gasteiger partial charge in [0.05, 0.1) is 5.69 Å². The quantitative estimate of drug-likeness (QED) is 0.819. The second kappa shape index (κ2) is 7.16. The van der Waals surface area contributed by atoms with Gasteiger partial charge >= 0.3 is 0 Å². The summed E-state index contributed by atoms with van der Waals surface area (Å²) in [5.41, 5.74) is 0.186. The smallest absolute Gasteiger partial charge is 0.108 e. The van der Waals surface area contributed by atoms with E-state index in [-0.39, 0.29) is 6.04 Å². The summed E-state index contributed by atoms with van der Waals surface area (Å²) in [6.07, 6.45) is 2.82. The van der Waals surface area contributed by atoms with Crippen molar-refractivity contribution in [2.24, 2.45) is 5.92 Å². The van der Waals surface area contributed by atoms with Crippen LogP contribution in [0.15, 0.2) is 41.9 Å². The van der Waals surface area contributed by atoms with Crippen LogP contribution >= 0.6 is 11.3 Å². The Labute approximate surface area is 131 Å². The molecule has 3 nitrogen and oxygen atoms in total.